The Morgan fingerprint density at radius 1 is 0.951 bits per heavy atom. The second-order valence-corrected chi connectivity index (χ2v) is 12.0. The van der Waals surface area contributed by atoms with Crippen molar-refractivity contribution in [3.63, 3.8) is 0 Å². The van der Waals surface area contributed by atoms with Crippen LogP contribution >= 0.6 is 0 Å². The van der Waals surface area contributed by atoms with Crippen molar-refractivity contribution in [3.05, 3.63) is 34.9 Å². The van der Waals surface area contributed by atoms with E-state index in [2.05, 4.69) is 19.2 Å². The lowest BCUT2D eigenvalue weighted by molar-refractivity contribution is -0.173. The third-order valence-corrected chi connectivity index (χ3v) is 7.96. The first-order valence-corrected chi connectivity index (χ1v) is 15.4. The highest BCUT2D eigenvalue weighted by molar-refractivity contribution is 6.00. The van der Waals surface area contributed by atoms with E-state index in [1.807, 2.05) is 26.0 Å². The van der Waals surface area contributed by atoms with Gasteiger partial charge in [0, 0.05) is 17.4 Å². The summed E-state index contributed by atoms with van der Waals surface area (Å²) in [7, 11) is 0. The van der Waals surface area contributed by atoms with Gasteiger partial charge in [-0.2, -0.15) is 0 Å². The Kier molecular flexibility index (Phi) is 17.0. The molecule has 0 aromatic heterocycles. The summed E-state index contributed by atoms with van der Waals surface area (Å²) >= 11 is 0. The number of rotatable bonds is 18. The molecule has 234 valence electrons. The predicted octanol–water partition coefficient (Wildman–Crippen LogP) is 4.96. The quantitative estimate of drug-likeness (QED) is 0.0783. The van der Waals surface area contributed by atoms with Gasteiger partial charge in [-0.05, 0) is 38.7 Å². The first-order chi connectivity index (χ1) is 19.3. The van der Waals surface area contributed by atoms with Crippen LogP contribution in [0, 0.1) is 17.8 Å². The Balaban J connectivity index is 2.60. The monoisotopic (exact) mass is 577 g/mol. The highest BCUT2D eigenvalue weighted by atomic mass is 16.6. The summed E-state index contributed by atoms with van der Waals surface area (Å²) in [5, 5.41) is 33.1. The summed E-state index contributed by atoms with van der Waals surface area (Å²) in [5.74, 6) is -2.01. The molecule has 0 aromatic carbocycles. The molecule has 0 spiro atoms. The second kappa shape index (κ2) is 19.0. The summed E-state index contributed by atoms with van der Waals surface area (Å²) in [4.78, 5) is 36.9. The van der Waals surface area contributed by atoms with Gasteiger partial charge in [0.25, 0.3) is 0 Å². The number of amides is 1. The molecule has 4 N–H and O–H groups in total. The van der Waals surface area contributed by atoms with Crippen LogP contribution in [-0.2, 0) is 19.1 Å². The fraction of sp³-hybridized carbons (Fsp3) is 0.727. The number of ketones is 1. The minimum Gasteiger partial charge on any atom is -0.461 e. The third kappa shape index (κ3) is 13.0. The third-order valence-electron chi connectivity index (χ3n) is 7.96. The molecule has 1 fully saturated rings. The Morgan fingerprint density at radius 3 is 2.15 bits per heavy atom. The van der Waals surface area contributed by atoms with Crippen LogP contribution in [0.15, 0.2) is 34.9 Å². The van der Waals surface area contributed by atoms with Gasteiger partial charge in [-0.1, -0.05) is 103 Å². The zero-order valence-electron chi connectivity index (χ0n) is 26.3. The lowest BCUT2D eigenvalue weighted by atomic mass is 9.88. The van der Waals surface area contributed by atoms with Crippen molar-refractivity contribution in [2.75, 3.05) is 6.61 Å². The maximum absolute atomic E-state index is 13.0. The number of unbranched alkanes of at least 4 members (excludes halogenated alkanes) is 7. The van der Waals surface area contributed by atoms with Crippen molar-refractivity contribution in [1.82, 2.24) is 5.32 Å². The molecule has 8 nitrogen and oxygen atoms in total. The van der Waals surface area contributed by atoms with Gasteiger partial charge in [-0.15, -0.1) is 0 Å². The topological polar surface area (TPSA) is 133 Å². The zero-order chi connectivity index (χ0) is 31.1. The molecule has 7 atom stereocenters. The molecule has 0 bridgehead atoms. The highest BCUT2D eigenvalue weighted by Gasteiger charge is 2.39. The van der Waals surface area contributed by atoms with Crippen molar-refractivity contribution in [1.29, 1.82) is 0 Å². The number of hydrogen-bond donors (Lipinski definition) is 4. The highest BCUT2D eigenvalue weighted by Crippen LogP contribution is 2.23. The molecule has 0 saturated carbocycles. The smallest absolute Gasteiger partial charge is 0.337 e. The lowest BCUT2D eigenvalue weighted by Gasteiger charge is -2.31. The summed E-state index contributed by atoms with van der Waals surface area (Å²) in [6.07, 6.45) is 12.9. The Bertz CT molecular complexity index is 938. The minimum atomic E-state index is -1.72. The normalized spacial score (nSPS) is 23.4. The maximum atomic E-state index is 13.0. The van der Waals surface area contributed by atoms with E-state index in [-0.39, 0.29) is 29.8 Å². The number of nitrogens with one attached hydrogen (secondary N) is 1. The maximum Gasteiger partial charge on any atom is 0.337 e. The van der Waals surface area contributed by atoms with Crippen LogP contribution in [0.5, 0.6) is 0 Å². The number of ether oxygens (including phenoxy) is 1. The van der Waals surface area contributed by atoms with Gasteiger partial charge < -0.3 is 25.4 Å². The summed E-state index contributed by atoms with van der Waals surface area (Å²) in [6, 6.07) is -0.945. The number of cyclic esters (lactones) is 1. The van der Waals surface area contributed by atoms with Crippen LogP contribution in [0.1, 0.15) is 106 Å². The molecule has 8 heteroatoms. The Labute approximate surface area is 247 Å². The Morgan fingerprint density at radius 2 is 1.54 bits per heavy atom. The van der Waals surface area contributed by atoms with Crippen LogP contribution in [0.3, 0.4) is 0 Å². The molecule has 41 heavy (non-hydrogen) atoms. The van der Waals surface area contributed by atoms with Crippen molar-refractivity contribution in [2.45, 2.75) is 131 Å². The standard InChI is InChI=1S/C33H55NO7/c1-8-9-10-11-12-13-14-15-16-22(3)28(35)23(4)17-21(2)18-24(5)29(36)25(6)19-26(7)32(39)34-27-20-41-33(40)31(38)30(27)37/h17-19,22-23,25,27-28,30-31,35,37-38H,8-16,20H2,1-7H3,(H,34,39)/b21-17+,24-18+,26-19+/t22-,23-,25+,27+,28+,30+,31-/m0/s1. The largest absolute Gasteiger partial charge is 0.461 e. The number of aliphatic hydroxyl groups excluding tert-OH is 3. The van der Waals surface area contributed by atoms with Gasteiger partial charge in [0.1, 0.15) is 12.7 Å². The van der Waals surface area contributed by atoms with E-state index < -0.39 is 42.1 Å². The molecule has 1 heterocycles. The van der Waals surface area contributed by atoms with E-state index in [4.69, 9.17) is 4.74 Å². The number of Topliss-reactive ketones (excluding diaryl/α,β-unsaturated/α-hetero) is 1. The molecule has 0 aliphatic carbocycles. The van der Waals surface area contributed by atoms with Gasteiger partial charge in [0.15, 0.2) is 11.9 Å². The first-order valence-electron chi connectivity index (χ1n) is 15.4. The van der Waals surface area contributed by atoms with E-state index in [1.165, 1.54) is 44.9 Å². The van der Waals surface area contributed by atoms with Crippen LogP contribution in [-0.4, -0.2) is 63.9 Å². The molecule has 0 aromatic rings. The number of hydrogen-bond acceptors (Lipinski definition) is 7. The van der Waals surface area contributed by atoms with Crippen molar-refractivity contribution in [2.24, 2.45) is 17.8 Å². The number of carbonyl (C=O) groups excluding carboxylic acids is 3. The number of esters is 1. The van der Waals surface area contributed by atoms with E-state index in [1.54, 1.807) is 26.8 Å². The molecule has 0 unspecified atom stereocenters. The van der Waals surface area contributed by atoms with Crippen molar-refractivity contribution < 1.29 is 34.4 Å². The summed E-state index contributed by atoms with van der Waals surface area (Å²) in [5.41, 5.74) is 1.71. The summed E-state index contributed by atoms with van der Waals surface area (Å²) < 4.78 is 4.77. The predicted molar refractivity (Wildman–Crippen MR) is 162 cm³/mol. The summed E-state index contributed by atoms with van der Waals surface area (Å²) in [6.45, 7) is 13.0. The first kappa shape index (κ1) is 36.7. The van der Waals surface area contributed by atoms with Crippen molar-refractivity contribution in [3.8, 4) is 0 Å². The van der Waals surface area contributed by atoms with Gasteiger partial charge in [-0.3, -0.25) is 9.59 Å². The van der Waals surface area contributed by atoms with E-state index in [0.29, 0.717) is 5.57 Å². The molecule has 1 aliphatic heterocycles. The lowest BCUT2D eigenvalue weighted by Crippen LogP contribution is -2.57. The van der Waals surface area contributed by atoms with Crippen LogP contribution in [0.4, 0.5) is 0 Å². The average Bonchev–Trinajstić information content (AvgIpc) is 2.93. The molecular weight excluding hydrogens is 522 g/mol. The second-order valence-electron chi connectivity index (χ2n) is 12.0. The molecule has 1 aliphatic rings. The zero-order valence-corrected chi connectivity index (χ0v) is 26.3. The van der Waals surface area contributed by atoms with Crippen LogP contribution in [0.2, 0.25) is 0 Å². The van der Waals surface area contributed by atoms with E-state index in [9.17, 15) is 29.7 Å². The fourth-order valence-electron chi connectivity index (χ4n) is 5.27. The number of aliphatic hydroxyl groups is 3. The average molecular weight is 578 g/mol. The minimum absolute atomic E-state index is 0.0469. The number of allylic oxidation sites excluding steroid dienone is 4. The van der Waals surface area contributed by atoms with Crippen LogP contribution < -0.4 is 5.32 Å². The SMILES string of the molecule is CCCCCCCCCC[C@H](C)[C@@H](O)[C@@H](C)/C=C(C)/C=C(\C)C(=O)[C@H](C)/C=C(\C)C(=O)N[C@@H]1COC(=O)[C@@H](O)[C@@H]1O. The Hall–Kier alpha value is -2.29. The van der Waals surface area contributed by atoms with E-state index in [0.717, 1.165) is 18.4 Å². The van der Waals surface area contributed by atoms with Gasteiger partial charge in [0.2, 0.25) is 5.91 Å². The molecule has 1 rings (SSSR count). The molecule has 1 amide bonds. The van der Waals surface area contributed by atoms with Gasteiger partial charge in [-0.25, -0.2) is 4.79 Å². The fourth-order valence-corrected chi connectivity index (χ4v) is 5.27. The van der Waals surface area contributed by atoms with Crippen molar-refractivity contribution >= 4 is 17.7 Å². The molecule has 1 saturated heterocycles. The van der Waals surface area contributed by atoms with E-state index >= 15 is 0 Å². The number of carbonyl (C=O) groups is 3. The molecule has 0 radical (unpaired) electrons. The molecular formula is C33H55NO7. The van der Waals surface area contributed by atoms with Gasteiger partial charge in [0.05, 0.1) is 12.1 Å². The van der Waals surface area contributed by atoms with Crippen LogP contribution in [0.25, 0.3) is 0 Å². The van der Waals surface area contributed by atoms with Gasteiger partial charge >= 0.3 is 5.97 Å².